The van der Waals surface area contributed by atoms with Crippen LogP contribution in [0.15, 0.2) is 0 Å². The van der Waals surface area contributed by atoms with E-state index in [-0.39, 0.29) is 0 Å². The molecule has 2 aliphatic rings. The lowest BCUT2D eigenvalue weighted by Gasteiger charge is -2.34. The predicted octanol–water partition coefficient (Wildman–Crippen LogP) is -0.652. The van der Waals surface area contributed by atoms with Crippen molar-refractivity contribution < 1.29 is 5.11 Å². The third-order valence-corrected chi connectivity index (χ3v) is 3.71. The summed E-state index contributed by atoms with van der Waals surface area (Å²) >= 11 is 0. The standard InChI is InChI=1S/C11H23N3O/c1-13-6-8-14(9-7-13)5-3-11(15)2-4-12-10-11/h12,15H,2-10H2,1H3. The Morgan fingerprint density at radius 2 is 2.00 bits per heavy atom. The zero-order chi connectivity index (χ0) is 10.7. The Bertz CT molecular complexity index is 196. The molecule has 0 amide bonds. The quantitative estimate of drug-likeness (QED) is 0.653. The van der Waals surface area contributed by atoms with Crippen LogP contribution in [0.25, 0.3) is 0 Å². The zero-order valence-corrected chi connectivity index (χ0v) is 9.71. The van der Waals surface area contributed by atoms with Gasteiger partial charge >= 0.3 is 0 Å². The highest BCUT2D eigenvalue weighted by Gasteiger charge is 2.31. The van der Waals surface area contributed by atoms with E-state index in [1.807, 2.05) is 0 Å². The summed E-state index contributed by atoms with van der Waals surface area (Å²) < 4.78 is 0. The molecule has 88 valence electrons. The lowest BCUT2D eigenvalue weighted by atomic mass is 9.98. The van der Waals surface area contributed by atoms with Gasteiger partial charge < -0.3 is 20.2 Å². The number of rotatable bonds is 3. The van der Waals surface area contributed by atoms with Crippen LogP contribution >= 0.6 is 0 Å². The lowest BCUT2D eigenvalue weighted by Crippen LogP contribution is -2.46. The van der Waals surface area contributed by atoms with Crippen LogP contribution in [0.3, 0.4) is 0 Å². The molecule has 2 fully saturated rings. The van der Waals surface area contributed by atoms with Crippen molar-refractivity contribution in [2.45, 2.75) is 18.4 Å². The number of piperazine rings is 1. The molecule has 0 bridgehead atoms. The molecular weight excluding hydrogens is 190 g/mol. The molecule has 2 aliphatic heterocycles. The number of likely N-dealkylation sites (N-methyl/N-ethyl adjacent to an activating group) is 1. The molecule has 0 spiro atoms. The van der Waals surface area contributed by atoms with Crippen molar-refractivity contribution in [2.24, 2.45) is 0 Å². The van der Waals surface area contributed by atoms with Crippen LogP contribution < -0.4 is 5.32 Å². The molecule has 4 nitrogen and oxygen atoms in total. The van der Waals surface area contributed by atoms with Crippen molar-refractivity contribution in [3.63, 3.8) is 0 Å². The summed E-state index contributed by atoms with van der Waals surface area (Å²) in [5.74, 6) is 0. The van der Waals surface area contributed by atoms with Gasteiger partial charge in [0.15, 0.2) is 0 Å². The van der Waals surface area contributed by atoms with Gasteiger partial charge in [-0.2, -0.15) is 0 Å². The van der Waals surface area contributed by atoms with E-state index in [1.54, 1.807) is 0 Å². The zero-order valence-electron chi connectivity index (χ0n) is 9.71. The van der Waals surface area contributed by atoms with Crippen LogP contribution in [-0.4, -0.2) is 73.4 Å². The average Bonchev–Trinajstić information content (AvgIpc) is 2.65. The monoisotopic (exact) mass is 213 g/mol. The van der Waals surface area contributed by atoms with E-state index in [0.29, 0.717) is 0 Å². The average molecular weight is 213 g/mol. The number of nitrogens with one attached hydrogen (secondary N) is 1. The second-order valence-corrected chi connectivity index (χ2v) is 5.05. The van der Waals surface area contributed by atoms with Gasteiger partial charge in [-0.05, 0) is 26.4 Å². The van der Waals surface area contributed by atoms with Gasteiger partial charge in [0.25, 0.3) is 0 Å². The van der Waals surface area contributed by atoms with Crippen molar-refractivity contribution in [1.29, 1.82) is 0 Å². The number of hydrogen-bond donors (Lipinski definition) is 2. The first-order chi connectivity index (χ1) is 7.18. The van der Waals surface area contributed by atoms with Crippen molar-refractivity contribution in [3.05, 3.63) is 0 Å². The molecule has 0 aromatic rings. The van der Waals surface area contributed by atoms with Gasteiger partial charge in [0.1, 0.15) is 0 Å². The number of hydrogen-bond acceptors (Lipinski definition) is 4. The molecule has 2 saturated heterocycles. The highest BCUT2D eigenvalue weighted by atomic mass is 16.3. The summed E-state index contributed by atoms with van der Waals surface area (Å²) in [6, 6.07) is 0. The minimum Gasteiger partial charge on any atom is -0.388 e. The van der Waals surface area contributed by atoms with Crippen molar-refractivity contribution in [1.82, 2.24) is 15.1 Å². The molecule has 1 atom stereocenters. The van der Waals surface area contributed by atoms with E-state index in [9.17, 15) is 5.11 Å². The fraction of sp³-hybridized carbons (Fsp3) is 1.00. The highest BCUT2D eigenvalue weighted by molar-refractivity contribution is 4.88. The number of nitrogens with zero attached hydrogens (tertiary/aromatic N) is 2. The molecule has 15 heavy (non-hydrogen) atoms. The normalized spacial score (nSPS) is 34.8. The molecule has 0 aromatic heterocycles. The van der Waals surface area contributed by atoms with Gasteiger partial charge in [-0.15, -0.1) is 0 Å². The highest BCUT2D eigenvalue weighted by Crippen LogP contribution is 2.19. The van der Waals surface area contributed by atoms with Gasteiger partial charge in [-0.25, -0.2) is 0 Å². The molecule has 1 unspecified atom stereocenters. The third-order valence-electron chi connectivity index (χ3n) is 3.71. The summed E-state index contributed by atoms with van der Waals surface area (Å²) in [5, 5.41) is 13.4. The van der Waals surface area contributed by atoms with E-state index < -0.39 is 5.60 Å². The number of β-amino-alcohol motifs (C(OH)–C–C–N with tert-alkyl or cyclic N) is 1. The van der Waals surface area contributed by atoms with E-state index >= 15 is 0 Å². The first-order valence-electron chi connectivity index (χ1n) is 6.02. The second-order valence-electron chi connectivity index (χ2n) is 5.05. The Hall–Kier alpha value is -0.160. The Labute approximate surface area is 92.2 Å². The van der Waals surface area contributed by atoms with E-state index in [1.165, 1.54) is 0 Å². The Morgan fingerprint density at radius 3 is 2.60 bits per heavy atom. The molecule has 0 radical (unpaired) electrons. The maximum absolute atomic E-state index is 10.2. The summed E-state index contributed by atoms with van der Waals surface area (Å²) in [7, 11) is 2.17. The first-order valence-corrected chi connectivity index (χ1v) is 6.02. The molecule has 0 aromatic carbocycles. The summed E-state index contributed by atoms with van der Waals surface area (Å²) in [6.45, 7) is 7.43. The minimum atomic E-state index is -0.427. The minimum absolute atomic E-state index is 0.427. The van der Waals surface area contributed by atoms with Crippen molar-refractivity contribution in [3.8, 4) is 0 Å². The molecule has 2 rings (SSSR count). The predicted molar refractivity (Wildman–Crippen MR) is 61.0 cm³/mol. The summed E-state index contributed by atoms with van der Waals surface area (Å²) in [4.78, 5) is 4.83. The van der Waals surface area contributed by atoms with Gasteiger partial charge in [-0.3, -0.25) is 0 Å². The van der Waals surface area contributed by atoms with Gasteiger partial charge in [0.05, 0.1) is 5.60 Å². The summed E-state index contributed by atoms with van der Waals surface area (Å²) in [5.41, 5.74) is -0.427. The largest absolute Gasteiger partial charge is 0.388 e. The van der Waals surface area contributed by atoms with Crippen LogP contribution in [0.4, 0.5) is 0 Å². The van der Waals surface area contributed by atoms with E-state index in [0.717, 1.165) is 58.7 Å². The third kappa shape index (κ3) is 3.14. The Kier molecular flexibility index (Phi) is 3.61. The van der Waals surface area contributed by atoms with Crippen molar-refractivity contribution in [2.75, 3.05) is 52.9 Å². The fourth-order valence-electron chi connectivity index (χ4n) is 2.38. The smallest absolute Gasteiger partial charge is 0.0795 e. The van der Waals surface area contributed by atoms with Crippen LogP contribution in [0, 0.1) is 0 Å². The van der Waals surface area contributed by atoms with Gasteiger partial charge in [0, 0.05) is 39.3 Å². The second kappa shape index (κ2) is 4.78. The summed E-state index contributed by atoms with van der Waals surface area (Å²) in [6.07, 6.45) is 1.84. The Balaban J connectivity index is 1.69. The lowest BCUT2D eigenvalue weighted by molar-refractivity contribution is 0.0346. The van der Waals surface area contributed by atoms with Gasteiger partial charge in [-0.1, -0.05) is 0 Å². The Morgan fingerprint density at radius 1 is 1.27 bits per heavy atom. The van der Waals surface area contributed by atoms with Crippen LogP contribution in [0.5, 0.6) is 0 Å². The fourth-order valence-corrected chi connectivity index (χ4v) is 2.38. The molecule has 4 heteroatoms. The SMILES string of the molecule is CN1CCN(CCC2(O)CCNC2)CC1. The maximum atomic E-state index is 10.2. The first kappa shape index (κ1) is 11.3. The van der Waals surface area contributed by atoms with Gasteiger partial charge in [0.2, 0.25) is 0 Å². The van der Waals surface area contributed by atoms with Crippen molar-refractivity contribution >= 4 is 0 Å². The molecule has 0 aliphatic carbocycles. The molecule has 2 heterocycles. The van der Waals surface area contributed by atoms with E-state index in [2.05, 4.69) is 22.2 Å². The topological polar surface area (TPSA) is 38.7 Å². The van der Waals surface area contributed by atoms with E-state index in [4.69, 9.17) is 0 Å². The van der Waals surface area contributed by atoms with Crippen LogP contribution in [0.2, 0.25) is 0 Å². The van der Waals surface area contributed by atoms with Crippen LogP contribution in [-0.2, 0) is 0 Å². The maximum Gasteiger partial charge on any atom is 0.0795 e. The number of aliphatic hydroxyl groups is 1. The molecule has 0 saturated carbocycles. The van der Waals surface area contributed by atoms with Crippen LogP contribution in [0.1, 0.15) is 12.8 Å². The molecule has 2 N–H and O–H groups in total. The molecular formula is C11H23N3O.